The van der Waals surface area contributed by atoms with Gasteiger partial charge in [0.05, 0.1) is 5.56 Å². The summed E-state index contributed by atoms with van der Waals surface area (Å²) < 4.78 is 1.52. The van der Waals surface area contributed by atoms with Crippen LogP contribution < -0.4 is 0 Å². The first-order chi connectivity index (χ1) is 8.54. The summed E-state index contributed by atoms with van der Waals surface area (Å²) in [7, 11) is 0. The van der Waals surface area contributed by atoms with Crippen LogP contribution in [-0.4, -0.2) is 15.6 Å². The Balaban J connectivity index is 2.65. The number of aromatic nitrogens is 1. The molecule has 0 aliphatic carbocycles. The molecule has 0 amide bonds. The predicted molar refractivity (Wildman–Crippen MR) is 66.9 cm³/mol. The molecule has 1 aromatic heterocycles. The lowest BCUT2D eigenvalue weighted by molar-refractivity contribution is 0.0688. The van der Waals surface area contributed by atoms with E-state index in [1.807, 2.05) is 38.1 Å². The van der Waals surface area contributed by atoms with Crippen molar-refractivity contribution >= 4 is 5.97 Å². The van der Waals surface area contributed by atoms with Gasteiger partial charge in [-0.3, -0.25) is 0 Å². The molecule has 4 nitrogen and oxygen atoms in total. The van der Waals surface area contributed by atoms with Crippen LogP contribution >= 0.6 is 0 Å². The normalized spacial score (nSPS) is 10.1. The van der Waals surface area contributed by atoms with Crippen LogP contribution in [0.1, 0.15) is 27.2 Å². The number of aromatic carboxylic acids is 1. The minimum atomic E-state index is -1.10. The number of nitriles is 1. The molecule has 0 bridgehead atoms. The molecular formula is C14H12N2O2. The third-order valence-corrected chi connectivity index (χ3v) is 2.98. The maximum Gasteiger partial charge on any atom is 0.354 e. The van der Waals surface area contributed by atoms with Crippen molar-refractivity contribution in [2.45, 2.75) is 13.8 Å². The Labute approximate surface area is 105 Å². The van der Waals surface area contributed by atoms with Crippen molar-refractivity contribution in [2.24, 2.45) is 0 Å². The summed E-state index contributed by atoms with van der Waals surface area (Å²) in [5.74, 6) is -1.10. The number of carboxylic acids is 1. The summed E-state index contributed by atoms with van der Waals surface area (Å²) >= 11 is 0. The van der Waals surface area contributed by atoms with Gasteiger partial charge in [0.2, 0.25) is 0 Å². The molecule has 2 aromatic rings. The Morgan fingerprint density at radius 2 is 2.00 bits per heavy atom. The van der Waals surface area contributed by atoms with Crippen LogP contribution in [0.25, 0.3) is 5.69 Å². The SMILES string of the molecule is Cc1ccc(-n2ccc(C#N)c2C(=O)O)cc1C. The van der Waals surface area contributed by atoms with E-state index >= 15 is 0 Å². The summed E-state index contributed by atoms with van der Waals surface area (Å²) in [5, 5.41) is 18.1. The van der Waals surface area contributed by atoms with Crippen LogP contribution in [0.2, 0.25) is 0 Å². The van der Waals surface area contributed by atoms with Crippen LogP contribution in [0.5, 0.6) is 0 Å². The van der Waals surface area contributed by atoms with Gasteiger partial charge in [0, 0.05) is 11.9 Å². The minimum absolute atomic E-state index is 0.000697. The summed E-state index contributed by atoms with van der Waals surface area (Å²) in [6, 6.07) is 9.09. The fraction of sp³-hybridized carbons (Fsp3) is 0.143. The Kier molecular flexibility index (Phi) is 2.90. The van der Waals surface area contributed by atoms with Gasteiger partial charge < -0.3 is 9.67 Å². The number of benzene rings is 1. The Morgan fingerprint density at radius 1 is 1.28 bits per heavy atom. The van der Waals surface area contributed by atoms with Crippen LogP contribution in [0.15, 0.2) is 30.5 Å². The van der Waals surface area contributed by atoms with Crippen molar-refractivity contribution in [1.82, 2.24) is 4.57 Å². The largest absolute Gasteiger partial charge is 0.477 e. The molecule has 0 unspecified atom stereocenters. The molecule has 0 saturated carbocycles. The van der Waals surface area contributed by atoms with Gasteiger partial charge in [-0.1, -0.05) is 6.07 Å². The third-order valence-electron chi connectivity index (χ3n) is 2.98. The summed E-state index contributed by atoms with van der Waals surface area (Å²) in [4.78, 5) is 11.2. The van der Waals surface area contributed by atoms with Crippen molar-refractivity contribution in [1.29, 1.82) is 5.26 Å². The van der Waals surface area contributed by atoms with Gasteiger partial charge in [0.1, 0.15) is 11.8 Å². The number of carbonyl (C=O) groups is 1. The van der Waals surface area contributed by atoms with Crippen molar-refractivity contribution in [3.8, 4) is 11.8 Å². The number of hydrogen-bond acceptors (Lipinski definition) is 2. The first kappa shape index (κ1) is 11.9. The quantitative estimate of drug-likeness (QED) is 0.877. The molecule has 1 N–H and O–H groups in total. The van der Waals surface area contributed by atoms with Crippen LogP contribution in [0.3, 0.4) is 0 Å². The fourth-order valence-electron chi connectivity index (χ4n) is 1.83. The molecule has 90 valence electrons. The lowest BCUT2D eigenvalue weighted by atomic mass is 10.1. The molecule has 0 fully saturated rings. The van der Waals surface area contributed by atoms with Gasteiger partial charge in [-0.25, -0.2) is 4.79 Å². The zero-order valence-corrected chi connectivity index (χ0v) is 10.1. The van der Waals surface area contributed by atoms with Gasteiger partial charge in [0.15, 0.2) is 0 Å². The predicted octanol–water partition coefficient (Wildman–Crippen LogP) is 2.66. The van der Waals surface area contributed by atoms with Crippen LogP contribution in [0.4, 0.5) is 0 Å². The van der Waals surface area contributed by atoms with E-state index in [2.05, 4.69) is 0 Å². The van der Waals surface area contributed by atoms with E-state index in [1.54, 1.807) is 6.20 Å². The van der Waals surface area contributed by atoms with Gasteiger partial charge in [-0.2, -0.15) is 5.26 Å². The second-order valence-corrected chi connectivity index (χ2v) is 4.13. The maximum atomic E-state index is 11.2. The molecule has 1 aromatic carbocycles. The van der Waals surface area contributed by atoms with Crippen molar-refractivity contribution in [3.05, 3.63) is 52.8 Å². The molecule has 4 heteroatoms. The fourth-order valence-corrected chi connectivity index (χ4v) is 1.83. The van der Waals surface area contributed by atoms with Gasteiger partial charge in [-0.15, -0.1) is 0 Å². The Morgan fingerprint density at radius 3 is 2.56 bits per heavy atom. The van der Waals surface area contributed by atoms with E-state index in [9.17, 15) is 9.90 Å². The molecule has 0 saturated heterocycles. The van der Waals surface area contributed by atoms with Crippen LogP contribution in [0, 0.1) is 25.2 Å². The van der Waals surface area contributed by atoms with E-state index in [4.69, 9.17) is 5.26 Å². The molecule has 2 rings (SSSR count). The first-order valence-electron chi connectivity index (χ1n) is 5.47. The molecule has 0 aliphatic heterocycles. The standard InChI is InChI=1S/C14H12N2O2/c1-9-3-4-12(7-10(9)2)16-6-5-11(8-15)13(16)14(17)18/h3-7H,1-2H3,(H,17,18). The summed E-state index contributed by atoms with van der Waals surface area (Å²) in [5.41, 5.74) is 3.14. The molecule has 0 atom stereocenters. The highest BCUT2D eigenvalue weighted by atomic mass is 16.4. The first-order valence-corrected chi connectivity index (χ1v) is 5.47. The molecule has 0 radical (unpaired) electrons. The number of nitrogens with zero attached hydrogens (tertiary/aromatic N) is 2. The van der Waals surface area contributed by atoms with E-state index < -0.39 is 5.97 Å². The van der Waals surface area contributed by atoms with Crippen LogP contribution in [-0.2, 0) is 0 Å². The molecular weight excluding hydrogens is 228 g/mol. The maximum absolute atomic E-state index is 11.2. The zero-order valence-electron chi connectivity index (χ0n) is 10.1. The second-order valence-electron chi connectivity index (χ2n) is 4.13. The van der Waals surface area contributed by atoms with Crippen molar-refractivity contribution in [2.75, 3.05) is 0 Å². The Bertz CT molecular complexity index is 663. The highest BCUT2D eigenvalue weighted by molar-refractivity contribution is 5.89. The average molecular weight is 240 g/mol. The molecule has 0 spiro atoms. The zero-order chi connectivity index (χ0) is 13.3. The highest BCUT2D eigenvalue weighted by Crippen LogP contribution is 2.19. The molecule has 1 heterocycles. The number of aryl methyl sites for hydroxylation is 2. The number of rotatable bonds is 2. The highest BCUT2D eigenvalue weighted by Gasteiger charge is 2.17. The van der Waals surface area contributed by atoms with E-state index in [1.165, 1.54) is 10.6 Å². The number of hydrogen-bond donors (Lipinski definition) is 1. The van der Waals surface area contributed by atoms with Crippen molar-refractivity contribution < 1.29 is 9.90 Å². The third kappa shape index (κ3) is 1.87. The molecule has 0 aliphatic rings. The van der Waals surface area contributed by atoms with E-state index in [0.29, 0.717) is 0 Å². The average Bonchev–Trinajstić information content (AvgIpc) is 2.76. The van der Waals surface area contributed by atoms with E-state index in [0.717, 1.165) is 16.8 Å². The Hall–Kier alpha value is -2.54. The summed E-state index contributed by atoms with van der Waals surface area (Å²) in [6.45, 7) is 3.96. The lowest BCUT2D eigenvalue weighted by Crippen LogP contribution is -2.08. The van der Waals surface area contributed by atoms with Gasteiger partial charge in [-0.05, 0) is 43.2 Å². The monoisotopic (exact) mass is 240 g/mol. The lowest BCUT2D eigenvalue weighted by Gasteiger charge is -2.09. The van der Waals surface area contributed by atoms with E-state index in [-0.39, 0.29) is 11.3 Å². The van der Waals surface area contributed by atoms with Gasteiger partial charge >= 0.3 is 5.97 Å². The number of carboxylic acid groups (broad SMARTS) is 1. The second kappa shape index (κ2) is 4.38. The minimum Gasteiger partial charge on any atom is -0.477 e. The topological polar surface area (TPSA) is 66.0 Å². The van der Waals surface area contributed by atoms with Crippen molar-refractivity contribution in [3.63, 3.8) is 0 Å². The van der Waals surface area contributed by atoms with Gasteiger partial charge in [0.25, 0.3) is 0 Å². The smallest absolute Gasteiger partial charge is 0.354 e. The summed E-state index contributed by atoms with van der Waals surface area (Å²) in [6.07, 6.45) is 1.60. The molecule has 18 heavy (non-hydrogen) atoms.